The minimum absolute atomic E-state index is 0.0362. The quantitative estimate of drug-likeness (QED) is 0.406. The molecule has 0 radical (unpaired) electrons. The van der Waals surface area contributed by atoms with Gasteiger partial charge in [-0.2, -0.15) is 0 Å². The summed E-state index contributed by atoms with van der Waals surface area (Å²) in [5.74, 6) is -0.126. The maximum absolute atomic E-state index is 12.4. The van der Waals surface area contributed by atoms with E-state index in [0.29, 0.717) is 12.3 Å². The van der Waals surface area contributed by atoms with Crippen molar-refractivity contribution in [3.8, 4) is 0 Å². The Bertz CT molecular complexity index is 517. The third kappa shape index (κ3) is 5.18. The first kappa shape index (κ1) is 16.5. The standard InChI is InChI=1S/C13H21N3O3S/c1-2-19-10-11-20(17,18)16(9-8-13(14)15)12-6-4-3-5-7-12/h3-7H,2,8-11H2,1H3,(H3,14,15). The molecule has 112 valence electrons. The molecule has 0 amide bonds. The summed E-state index contributed by atoms with van der Waals surface area (Å²) >= 11 is 0. The zero-order valence-electron chi connectivity index (χ0n) is 11.6. The van der Waals surface area contributed by atoms with Crippen LogP contribution in [-0.4, -0.2) is 39.8 Å². The van der Waals surface area contributed by atoms with Gasteiger partial charge in [0.25, 0.3) is 0 Å². The van der Waals surface area contributed by atoms with Gasteiger partial charge >= 0.3 is 0 Å². The maximum Gasteiger partial charge on any atom is 0.237 e. The van der Waals surface area contributed by atoms with E-state index in [1.165, 1.54) is 4.31 Å². The number of nitrogens with one attached hydrogen (secondary N) is 1. The van der Waals surface area contributed by atoms with Crippen molar-refractivity contribution in [1.29, 1.82) is 5.41 Å². The Kier molecular flexibility index (Phi) is 6.47. The lowest BCUT2D eigenvalue weighted by Gasteiger charge is -2.24. The number of nitrogens with two attached hydrogens (primary N) is 1. The molecule has 0 heterocycles. The highest BCUT2D eigenvalue weighted by Crippen LogP contribution is 2.18. The summed E-state index contributed by atoms with van der Waals surface area (Å²) in [4.78, 5) is 0. The topological polar surface area (TPSA) is 96.5 Å². The molecule has 7 heteroatoms. The summed E-state index contributed by atoms with van der Waals surface area (Å²) in [6, 6.07) is 8.80. The minimum Gasteiger partial charge on any atom is -0.388 e. The summed E-state index contributed by atoms with van der Waals surface area (Å²) in [5.41, 5.74) is 5.90. The van der Waals surface area contributed by atoms with E-state index in [-0.39, 0.29) is 31.2 Å². The van der Waals surface area contributed by atoms with Gasteiger partial charge in [-0.15, -0.1) is 0 Å². The van der Waals surface area contributed by atoms with Crippen molar-refractivity contribution in [3.63, 3.8) is 0 Å². The van der Waals surface area contributed by atoms with Gasteiger partial charge in [0.1, 0.15) is 0 Å². The van der Waals surface area contributed by atoms with Gasteiger partial charge in [0.05, 0.1) is 23.9 Å². The van der Waals surface area contributed by atoms with E-state index in [0.717, 1.165) is 0 Å². The number of sulfonamides is 1. The zero-order chi connectivity index (χ0) is 15.0. The molecule has 0 saturated carbocycles. The van der Waals surface area contributed by atoms with Crippen LogP contribution >= 0.6 is 0 Å². The van der Waals surface area contributed by atoms with E-state index in [4.69, 9.17) is 15.9 Å². The Morgan fingerprint density at radius 1 is 1.35 bits per heavy atom. The van der Waals surface area contributed by atoms with Crippen molar-refractivity contribution < 1.29 is 13.2 Å². The Morgan fingerprint density at radius 2 is 2.00 bits per heavy atom. The highest BCUT2D eigenvalue weighted by atomic mass is 32.2. The first-order valence-electron chi connectivity index (χ1n) is 6.43. The van der Waals surface area contributed by atoms with E-state index in [2.05, 4.69) is 0 Å². The third-order valence-electron chi connectivity index (χ3n) is 2.65. The van der Waals surface area contributed by atoms with Gasteiger partial charge in [-0.3, -0.25) is 9.71 Å². The Morgan fingerprint density at radius 3 is 2.55 bits per heavy atom. The van der Waals surface area contributed by atoms with Crippen LogP contribution < -0.4 is 10.0 Å². The van der Waals surface area contributed by atoms with Gasteiger partial charge in [0.15, 0.2) is 0 Å². The van der Waals surface area contributed by atoms with Crippen LogP contribution in [0.3, 0.4) is 0 Å². The van der Waals surface area contributed by atoms with E-state index >= 15 is 0 Å². The first-order valence-corrected chi connectivity index (χ1v) is 8.04. The second-order valence-corrected chi connectivity index (χ2v) is 6.21. The molecule has 0 atom stereocenters. The molecule has 0 bridgehead atoms. The van der Waals surface area contributed by atoms with Crippen LogP contribution in [0.1, 0.15) is 13.3 Å². The number of nitrogens with zero attached hydrogens (tertiary/aromatic N) is 1. The fourth-order valence-electron chi connectivity index (χ4n) is 1.66. The van der Waals surface area contributed by atoms with E-state index in [9.17, 15) is 8.42 Å². The van der Waals surface area contributed by atoms with Crippen LogP contribution in [-0.2, 0) is 14.8 Å². The Hall–Kier alpha value is -1.60. The van der Waals surface area contributed by atoms with Crippen LogP contribution in [0, 0.1) is 5.41 Å². The molecule has 0 aliphatic rings. The molecule has 0 aliphatic carbocycles. The monoisotopic (exact) mass is 299 g/mol. The lowest BCUT2D eigenvalue weighted by Crippen LogP contribution is -2.36. The fraction of sp³-hybridized carbons (Fsp3) is 0.462. The maximum atomic E-state index is 12.4. The summed E-state index contributed by atoms with van der Waals surface area (Å²) < 4.78 is 31.1. The molecule has 0 aliphatic heterocycles. The van der Waals surface area contributed by atoms with E-state index in [1.54, 1.807) is 24.3 Å². The Labute approximate surface area is 120 Å². The van der Waals surface area contributed by atoms with E-state index < -0.39 is 10.0 Å². The molecule has 6 nitrogen and oxygen atoms in total. The van der Waals surface area contributed by atoms with Crippen LogP contribution in [0.25, 0.3) is 0 Å². The van der Waals surface area contributed by atoms with Gasteiger partial charge in [-0.1, -0.05) is 18.2 Å². The lowest BCUT2D eigenvalue weighted by molar-refractivity contribution is 0.163. The molecule has 20 heavy (non-hydrogen) atoms. The van der Waals surface area contributed by atoms with E-state index in [1.807, 2.05) is 13.0 Å². The molecular weight excluding hydrogens is 278 g/mol. The average molecular weight is 299 g/mol. The van der Waals surface area contributed by atoms with Gasteiger partial charge in [0.2, 0.25) is 10.0 Å². The zero-order valence-corrected chi connectivity index (χ0v) is 12.4. The molecule has 1 aromatic rings. The predicted octanol–water partition coefficient (Wildman–Crippen LogP) is 1.19. The summed E-state index contributed by atoms with van der Waals surface area (Å²) in [6.45, 7) is 2.61. The molecule has 0 saturated heterocycles. The molecule has 0 aromatic heterocycles. The number of amidine groups is 1. The van der Waals surface area contributed by atoms with Crippen molar-refractivity contribution in [2.75, 3.05) is 29.8 Å². The minimum atomic E-state index is -3.49. The van der Waals surface area contributed by atoms with Crippen molar-refractivity contribution in [2.45, 2.75) is 13.3 Å². The number of para-hydroxylation sites is 1. The molecule has 3 N–H and O–H groups in total. The normalized spacial score (nSPS) is 11.2. The SMILES string of the molecule is CCOCCS(=O)(=O)N(CCC(=N)N)c1ccccc1. The summed E-state index contributed by atoms with van der Waals surface area (Å²) in [5, 5.41) is 7.25. The van der Waals surface area contributed by atoms with Crippen LogP contribution in [0.4, 0.5) is 5.69 Å². The predicted molar refractivity (Wildman–Crippen MR) is 80.6 cm³/mol. The Balaban J connectivity index is 2.89. The third-order valence-corrected chi connectivity index (χ3v) is 4.40. The molecule has 1 rings (SSSR count). The van der Waals surface area contributed by atoms with Crippen molar-refractivity contribution in [2.24, 2.45) is 5.73 Å². The second-order valence-electron chi connectivity index (χ2n) is 4.20. The number of hydrogen-bond donors (Lipinski definition) is 2. The van der Waals surface area contributed by atoms with Crippen molar-refractivity contribution in [3.05, 3.63) is 30.3 Å². The van der Waals surface area contributed by atoms with Crippen LogP contribution in [0.2, 0.25) is 0 Å². The number of anilines is 1. The van der Waals surface area contributed by atoms with Crippen molar-refractivity contribution >= 4 is 21.5 Å². The number of ether oxygens (including phenoxy) is 1. The van der Waals surface area contributed by atoms with Crippen molar-refractivity contribution in [1.82, 2.24) is 0 Å². The number of hydrogen-bond acceptors (Lipinski definition) is 4. The fourth-order valence-corrected chi connectivity index (χ4v) is 3.03. The summed E-state index contributed by atoms with van der Waals surface area (Å²) in [7, 11) is -3.49. The summed E-state index contributed by atoms with van der Waals surface area (Å²) in [6.07, 6.45) is 0.197. The average Bonchev–Trinajstić information content (AvgIpc) is 2.39. The van der Waals surface area contributed by atoms with Gasteiger partial charge < -0.3 is 10.5 Å². The highest BCUT2D eigenvalue weighted by Gasteiger charge is 2.22. The van der Waals surface area contributed by atoms with Gasteiger partial charge in [-0.05, 0) is 19.1 Å². The largest absolute Gasteiger partial charge is 0.388 e. The smallest absolute Gasteiger partial charge is 0.237 e. The second kappa shape index (κ2) is 7.86. The van der Waals surface area contributed by atoms with Crippen LogP contribution in [0.15, 0.2) is 30.3 Å². The van der Waals surface area contributed by atoms with Gasteiger partial charge in [0, 0.05) is 19.6 Å². The molecule has 0 unspecified atom stereocenters. The molecular formula is C13H21N3O3S. The number of benzene rings is 1. The molecule has 1 aromatic carbocycles. The van der Waals surface area contributed by atoms with Gasteiger partial charge in [-0.25, -0.2) is 8.42 Å². The number of rotatable bonds is 9. The highest BCUT2D eigenvalue weighted by molar-refractivity contribution is 7.92. The molecule has 0 spiro atoms. The molecule has 0 fully saturated rings. The lowest BCUT2D eigenvalue weighted by atomic mass is 10.3. The first-order chi connectivity index (χ1) is 9.47. The van der Waals surface area contributed by atoms with Crippen LogP contribution in [0.5, 0.6) is 0 Å².